The molecule has 3 rings (SSSR count). The maximum atomic E-state index is 12.5. The molecule has 0 saturated carbocycles. The van der Waals surface area contributed by atoms with Gasteiger partial charge in [0.2, 0.25) is 0 Å². The zero-order valence-electron chi connectivity index (χ0n) is 15.5. The summed E-state index contributed by atoms with van der Waals surface area (Å²) < 4.78 is 17.4. The lowest BCUT2D eigenvalue weighted by molar-refractivity contribution is -0.128. The van der Waals surface area contributed by atoms with Gasteiger partial charge in [0, 0.05) is 0 Å². The van der Waals surface area contributed by atoms with Crippen LogP contribution < -0.4 is 19.5 Å². The number of benzene rings is 2. The molecule has 0 aliphatic carbocycles. The van der Waals surface area contributed by atoms with Crippen LogP contribution in [0.25, 0.3) is 0 Å². The van der Waals surface area contributed by atoms with Crippen LogP contribution in [0.1, 0.15) is 24.5 Å². The third kappa shape index (κ3) is 4.28. The number of aryl methyl sites for hydroxylation is 2. The first-order valence-corrected chi connectivity index (χ1v) is 8.97. The minimum absolute atomic E-state index is 0.145. The summed E-state index contributed by atoms with van der Waals surface area (Å²) in [6, 6.07) is 13.4. The number of rotatable bonds is 6. The Hall–Kier alpha value is -2.69. The zero-order valence-corrected chi connectivity index (χ0v) is 15.5. The number of ether oxygens (including phenoxy) is 3. The van der Waals surface area contributed by atoms with Gasteiger partial charge in [-0.2, -0.15) is 0 Å². The molecule has 0 spiro atoms. The van der Waals surface area contributed by atoms with E-state index >= 15 is 0 Å². The second kappa shape index (κ2) is 8.13. The van der Waals surface area contributed by atoms with Gasteiger partial charge in [0.25, 0.3) is 5.91 Å². The number of carbonyl (C=O) groups is 1. The molecule has 1 aliphatic heterocycles. The van der Waals surface area contributed by atoms with Gasteiger partial charge in [-0.25, -0.2) is 0 Å². The molecule has 2 aromatic rings. The van der Waals surface area contributed by atoms with Crippen LogP contribution in [-0.2, 0) is 4.79 Å². The third-order valence-corrected chi connectivity index (χ3v) is 4.49. The highest BCUT2D eigenvalue weighted by Gasteiger charge is 2.24. The van der Waals surface area contributed by atoms with Crippen LogP contribution in [0.4, 0.5) is 0 Å². The fourth-order valence-electron chi connectivity index (χ4n) is 2.77. The van der Waals surface area contributed by atoms with Gasteiger partial charge >= 0.3 is 0 Å². The predicted octanol–water partition coefficient (Wildman–Crippen LogP) is 3.42. The Bertz CT molecular complexity index is 774. The number of nitrogens with one attached hydrogen (secondary N) is 1. The Morgan fingerprint density at radius 2 is 1.96 bits per heavy atom. The average molecular weight is 355 g/mol. The highest BCUT2D eigenvalue weighted by Crippen LogP contribution is 2.30. The van der Waals surface area contributed by atoms with Crippen molar-refractivity contribution >= 4 is 5.91 Å². The Balaban J connectivity index is 1.54. The molecule has 1 N–H and O–H groups in total. The van der Waals surface area contributed by atoms with E-state index in [-0.39, 0.29) is 12.0 Å². The normalized spacial score (nSPS) is 16.7. The van der Waals surface area contributed by atoms with E-state index in [1.165, 1.54) is 5.56 Å². The molecule has 2 atom stereocenters. The van der Waals surface area contributed by atoms with Gasteiger partial charge in [0.15, 0.2) is 17.6 Å². The van der Waals surface area contributed by atoms with Crippen molar-refractivity contribution in [3.63, 3.8) is 0 Å². The van der Waals surface area contributed by atoms with Crippen molar-refractivity contribution in [2.24, 2.45) is 0 Å². The van der Waals surface area contributed by atoms with Crippen molar-refractivity contribution in [1.29, 1.82) is 0 Å². The molecule has 1 amide bonds. The van der Waals surface area contributed by atoms with Gasteiger partial charge in [-0.15, -0.1) is 0 Å². The molecular formula is C21H25NO4. The molecule has 26 heavy (non-hydrogen) atoms. The zero-order chi connectivity index (χ0) is 18.5. The van der Waals surface area contributed by atoms with Gasteiger partial charge < -0.3 is 19.5 Å². The lowest BCUT2D eigenvalue weighted by atomic mass is 10.1. The maximum absolute atomic E-state index is 12.5. The summed E-state index contributed by atoms with van der Waals surface area (Å²) in [6.07, 6.45) is -0.161. The maximum Gasteiger partial charge on any atom is 0.261 e. The van der Waals surface area contributed by atoms with E-state index in [0.717, 1.165) is 11.3 Å². The molecule has 0 saturated heterocycles. The van der Waals surface area contributed by atoms with E-state index in [1.807, 2.05) is 63.2 Å². The smallest absolute Gasteiger partial charge is 0.261 e. The summed E-state index contributed by atoms with van der Waals surface area (Å²) in [5.74, 6) is 2.01. The first-order chi connectivity index (χ1) is 12.6. The van der Waals surface area contributed by atoms with Crippen LogP contribution >= 0.6 is 0 Å². The Morgan fingerprint density at radius 1 is 1.19 bits per heavy atom. The molecule has 138 valence electrons. The van der Waals surface area contributed by atoms with Gasteiger partial charge in [0.05, 0.1) is 6.54 Å². The van der Waals surface area contributed by atoms with E-state index in [2.05, 4.69) is 5.32 Å². The molecule has 1 aliphatic rings. The SMILES string of the molecule is CC[C@@H](Oc1ccc(C)c(C)c1)C(=O)NC[C@@H]1COc2ccccc2O1. The van der Waals surface area contributed by atoms with E-state index in [4.69, 9.17) is 14.2 Å². The predicted molar refractivity (Wildman–Crippen MR) is 100.0 cm³/mol. The number of fused-ring (bicyclic) bond motifs is 1. The summed E-state index contributed by atoms with van der Waals surface area (Å²) in [5, 5.41) is 2.91. The van der Waals surface area contributed by atoms with E-state index in [0.29, 0.717) is 31.1 Å². The summed E-state index contributed by atoms with van der Waals surface area (Å²) >= 11 is 0. The fourth-order valence-corrected chi connectivity index (χ4v) is 2.77. The lowest BCUT2D eigenvalue weighted by Crippen LogP contribution is -2.45. The van der Waals surface area contributed by atoms with Crippen LogP contribution in [0.2, 0.25) is 0 Å². The molecule has 5 heteroatoms. The van der Waals surface area contributed by atoms with E-state index in [9.17, 15) is 4.79 Å². The summed E-state index contributed by atoms with van der Waals surface area (Å²) in [5.41, 5.74) is 2.34. The molecule has 0 aromatic heterocycles. The second-order valence-electron chi connectivity index (χ2n) is 6.50. The van der Waals surface area contributed by atoms with Crippen molar-refractivity contribution in [3.05, 3.63) is 53.6 Å². The molecule has 5 nitrogen and oxygen atoms in total. The molecule has 1 heterocycles. The monoisotopic (exact) mass is 355 g/mol. The van der Waals surface area contributed by atoms with Crippen LogP contribution in [0, 0.1) is 13.8 Å². The molecule has 2 aromatic carbocycles. The van der Waals surface area contributed by atoms with E-state index < -0.39 is 6.10 Å². The van der Waals surface area contributed by atoms with Crippen molar-refractivity contribution in [3.8, 4) is 17.2 Å². The molecule has 0 unspecified atom stereocenters. The first-order valence-electron chi connectivity index (χ1n) is 8.97. The standard InChI is InChI=1S/C21H25NO4/c1-4-18(25-16-10-9-14(2)15(3)11-16)21(23)22-12-17-13-24-19-7-5-6-8-20(19)26-17/h5-11,17-18H,4,12-13H2,1-3H3,(H,22,23)/t17-,18-/m1/s1. The highest BCUT2D eigenvalue weighted by atomic mass is 16.6. The van der Waals surface area contributed by atoms with Gasteiger partial charge in [-0.3, -0.25) is 4.79 Å². The number of hydrogen-bond donors (Lipinski definition) is 1. The fraction of sp³-hybridized carbons (Fsp3) is 0.381. The average Bonchev–Trinajstić information content (AvgIpc) is 2.66. The minimum atomic E-state index is -0.533. The van der Waals surface area contributed by atoms with Gasteiger partial charge in [0.1, 0.15) is 18.5 Å². The first kappa shape index (κ1) is 18.1. The quantitative estimate of drug-likeness (QED) is 0.863. The number of carbonyl (C=O) groups excluding carboxylic acids is 1. The molecule has 0 radical (unpaired) electrons. The molecular weight excluding hydrogens is 330 g/mol. The van der Waals surface area contributed by atoms with Crippen LogP contribution in [0.15, 0.2) is 42.5 Å². The number of amides is 1. The summed E-state index contributed by atoms with van der Waals surface area (Å²) in [4.78, 5) is 12.5. The van der Waals surface area contributed by atoms with Crippen molar-refractivity contribution in [2.45, 2.75) is 39.4 Å². The highest BCUT2D eigenvalue weighted by molar-refractivity contribution is 5.81. The second-order valence-corrected chi connectivity index (χ2v) is 6.50. The largest absolute Gasteiger partial charge is 0.486 e. The van der Waals surface area contributed by atoms with Crippen LogP contribution in [-0.4, -0.2) is 31.3 Å². The Labute approximate surface area is 154 Å². The summed E-state index contributed by atoms with van der Waals surface area (Å²) in [7, 11) is 0. The number of para-hydroxylation sites is 2. The van der Waals surface area contributed by atoms with Crippen LogP contribution in [0.3, 0.4) is 0 Å². The summed E-state index contributed by atoms with van der Waals surface area (Å²) in [6.45, 7) is 6.79. The van der Waals surface area contributed by atoms with Gasteiger partial charge in [-0.1, -0.05) is 25.1 Å². The Kier molecular flexibility index (Phi) is 5.66. The Morgan fingerprint density at radius 3 is 2.69 bits per heavy atom. The van der Waals surface area contributed by atoms with Crippen LogP contribution in [0.5, 0.6) is 17.2 Å². The van der Waals surface area contributed by atoms with E-state index in [1.54, 1.807) is 0 Å². The van der Waals surface area contributed by atoms with Crippen molar-refractivity contribution in [2.75, 3.05) is 13.2 Å². The third-order valence-electron chi connectivity index (χ3n) is 4.49. The molecule has 0 bridgehead atoms. The minimum Gasteiger partial charge on any atom is -0.486 e. The number of hydrogen-bond acceptors (Lipinski definition) is 4. The van der Waals surface area contributed by atoms with Gasteiger partial charge in [-0.05, 0) is 55.7 Å². The lowest BCUT2D eigenvalue weighted by Gasteiger charge is -2.27. The topological polar surface area (TPSA) is 56.8 Å². The van der Waals surface area contributed by atoms with Crippen molar-refractivity contribution in [1.82, 2.24) is 5.32 Å². The molecule has 0 fully saturated rings. The van der Waals surface area contributed by atoms with Crippen molar-refractivity contribution < 1.29 is 19.0 Å².